The summed E-state index contributed by atoms with van der Waals surface area (Å²) in [5, 5.41) is 1.28. The van der Waals surface area contributed by atoms with Gasteiger partial charge in [0.2, 0.25) is 0 Å². The molecule has 0 atom stereocenters. The standard InChI is InChI=1S/C14H16BrNSi/c1-17(2,14-5-3-4-10-16-14)11-12-6-8-13(15)9-7-12/h3-10H,11H2,1-2H3. The molecule has 17 heavy (non-hydrogen) atoms. The fourth-order valence-electron chi connectivity index (χ4n) is 1.97. The average molecular weight is 306 g/mol. The third kappa shape index (κ3) is 3.27. The third-order valence-electron chi connectivity index (χ3n) is 2.92. The molecular formula is C14H16BrNSi. The Morgan fingerprint density at radius 3 is 2.35 bits per heavy atom. The highest BCUT2D eigenvalue weighted by atomic mass is 79.9. The fourth-order valence-corrected chi connectivity index (χ4v) is 4.64. The van der Waals surface area contributed by atoms with E-state index in [4.69, 9.17) is 0 Å². The van der Waals surface area contributed by atoms with Gasteiger partial charge in [-0.05, 0) is 30.3 Å². The van der Waals surface area contributed by atoms with Crippen molar-refractivity contribution < 1.29 is 0 Å². The Morgan fingerprint density at radius 1 is 1.06 bits per heavy atom. The molecule has 0 unspecified atom stereocenters. The number of aromatic nitrogens is 1. The second kappa shape index (κ2) is 5.15. The largest absolute Gasteiger partial charge is 0.266 e. The number of rotatable bonds is 3. The van der Waals surface area contributed by atoms with Gasteiger partial charge in [0, 0.05) is 16.0 Å². The zero-order valence-electron chi connectivity index (χ0n) is 10.2. The first kappa shape index (κ1) is 12.5. The van der Waals surface area contributed by atoms with Gasteiger partial charge in [-0.25, -0.2) is 0 Å². The molecule has 0 aliphatic rings. The minimum atomic E-state index is -1.46. The summed E-state index contributed by atoms with van der Waals surface area (Å²) in [5.74, 6) is 0. The normalized spacial score (nSPS) is 11.5. The molecule has 0 saturated carbocycles. The number of hydrogen-bond donors (Lipinski definition) is 0. The lowest BCUT2D eigenvalue weighted by Gasteiger charge is -2.21. The summed E-state index contributed by atoms with van der Waals surface area (Å²) in [4.78, 5) is 4.52. The average Bonchev–Trinajstić information content (AvgIpc) is 2.33. The van der Waals surface area contributed by atoms with E-state index in [0.717, 1.165) is 10.5 Å². The van der Waals surface area contributed by atoms with E-state index in [0.29, 0.717) is 0 Å². The van der Waals surface area contributed by atoms with Crippen molar-refractivity contribution in [2.24, 2.45) is 0 Å². The molecule has 0 aliphatic heterocycles. The van der Waals surface area contributed by atoms with Crippen LogP contribution in [0.15, 0.2) is 53.1 Å². The maximum Gasteiger partial charge on any atom is 0.108 e. The highest BCUT2D eigenvalue weighted by molar-refractivity contribution is 9.10. The molecule has 1 aromatic carbocycles. The van der Waals surface area contributed by atoms with Crippen LogP contribution in [0.4, 0.5) is 0 Å². The van der Waals surface area contributed by atoms with Gasteiger partial charge in [0.25, 0.3) is 0 Å². The first-order chi connectivity index (χ1) is 8.08. The number of nitrogens with zero attached hydrogens (tertiary/aromatic N) is 1. The summed E-state index contributed by atoms with van der Waals surface area (Å²) in [6.07, 6.45) is 1.89. The van der Waals surface area contributed by atoms with Crippen LogP contribution in [0.1, 0.15) is 5.56 Å². The number of benzene rings is 1. The molecule has 0 saturated heterocycles. The molecule has 0 spiro atoms. The van der Waals surface area contributed by atoms with Crippen LogP contribution in [0.25, 0.3) is 0 Å². The van der Waals surface area contributed by atoms with Gasteiger partial charge >= 0.3 is 0 Å². The molecule has 0 aliphatic carbocycles. The van der Waals surface area contributed by atoms with Gasteiger partial charge < -0.3 is 0 Å². The van der Waals surface area contributed by atoms with E-state index in [2.05, 4.69) is 70.4 Å². The smallest absolute Gasteiger partial charge is 0.108 e. The van der Waals surface area contributed by atoms with Gasteiger partial charge in [-0.3, -0.25) is 4.98 Å². The Balaban J connectivity index is 2.20. The van der Waals surface area contributed by atoms with Crippen LogP contribution in [0.2, 0.25) is 13.1 Å². The predicted molar refractivity (Wildman–Crippen MR) is 79.2 cm³/mol. The molecule has 0 N–H and O–H groups in total. The molecule has 2 rings (SSSR count). The highest BCUT2D eigenvalue weighted by Crippen LogP contribution is 2.15. The molecule has 1 heterocycles. The van der Waals surface area contributed by atoms with Crippen molar-refractivity contribution >= 4 is 29.3 Å². The van der Waals surface area contributed by atoms with Crippen molar-refractivity contribution in [1.29, 1.82) is 0 Å². The predicted octanol–water partition coefficient (Wildman–Crippen LogP) is 3.54. The molecule has 1 aromatic heterocycles. The topological polar surface area (TPSA) is 12.9 Å². The van der Waals surface area contributed by atoms with Gasteiger partial charge in [-0.15, -0.1) is 0 Å². The van der Waals surface area contributed by atoms with Gasteiger partial charge in [0.05, 0.1) is 0 Å². The lowest BCUT2D eigenvalue weighted by molar-refractivity contribution is 1.28. The molecule has 1 nitrogen and oxygen atoms in total. The lowest BCUT2D eigenvalue weighted by atomic mass is 10.2. The Morgan fingerprint density at radius 2 is 1.76 bits per heavy atom. The first-order valence-electron chi connectivity index (χ1n) is 5.74. The second-order valence-corrected chi connectivity index (χ2v) is 10.5. The van der Waals surface area contributed by atoms with Crippen molar-refractivity contribution in [3.8, 4) is 0 Å². The summed E-state index contributed by atoms with van der Waals surface area (Å²) in [6.45, 7) is 4.74. The van der Waals surface area contributed by atoms with E-state index in [1.54, 1.807) is 0 Å². The highest BCUT2D eigenvalue weighted by Gasteiger charge is 2.25. The van der Waals surface area contributed by atoms with Crippen molar-refractivity contribution in [1.82, 2.24) is 4.98 Å². The molecule has 0 fully saturated rings. The lowest BCUT2D eigenvalue weighted by Crippen LogP contribution is -2.45. The van der Waals surface area contributed by atoms with Crippen LogP contribution in [-0.2, 0) is 6.04 Å². The summed E-state index contributed by atoms with van der Waals surface area (Å²) >= 11 is 3.47. The minimum absolute atomic E-state index is 1.14. The molecule has 0 radical (unpaired) electrons. The molecule has 0 bridgehead atoms. The van der Waals surface area contributed by atoms with Crippen molar-refractivity contribution in [2.45, 2.75) is 19.1 Å². The summed E-state index contributed by atoms with van der Waals surface area (Å²) in [6, 6.07) is 16.0. The second-order valence-electron chi connectivity index (χ2n) is 4.90. The van der Waals surface area contributed by atoms with E-state index in [1.807, 2.05) is 12.3 Å². The third-order valence-corrected chi connectivity index (χ3v) is 6.42. The SMILES string of the molecule is C[Si](C)(Cc1ccc(Br)cc1)c1ccccn1. The first-order valence-corrected chi connectivity index (χ1v) is 9.74. The van der Waals surface area contributed by atoms with Crippen molar-refractivity contribution in [3.05, 3.63) is 58.7 Å². The molecule has 3 heteroatoms. The minimum Gasteiger partial charge on any atom is -0.266 e. The van der Waals surface area contributed by atoms with E-state index in [9.17, 15) is 0 Å². The quantitative estimate of drug-likeness (QED) is 0.790. The zero-order chi connectivity index (χ0) is 12.3. The van der Waals surface area contributed by atoms with Crippen LogP contribution >= 0.6 is 15.9 Å². The van der Waals surface area contributed by atoms with E-state index in [1.165, 1.54) is 10.9 Å². The molecule has 0 amide bonds. The maximum atomic E-state index is 4.52. The fraction of sp³-hybridized carbons (Fsp3) is 0.214. The van der Waals surface area contributed by atoms with Gasteiger partial charge in [-0.1, -0.05) is 52.8 Å². The van der Waals surface area contributed by atoms with Crippen LogP contribution < -0.4 is 5.32 Å². The number of pyridine rings is 1. The van der Waals surface area contributed by atoms with E-state index >= 15 is 0 Å². The molecular weight excluding hydrogens is 290 g/mol. The Kier molecular flexibility index (Phi) is 3.79. The van der Waals surface area contributed by atoms with Crippen LogP contribution in [0.3, 0.4) is 0 Å². The molecule has 2 aromatic rings. The van der Waals surface area contributed by atoms with Crippen LogP contribution in [0, 0.1) is 0 Å². The number of hydrogen-bond acceptors (Lipinski definition) is 1. The Hall–Kier alpha value is -0.933. The Bertz CT molecular complexity index is 479. The molecule has 88 valence electrons. The van der Waals surface area contributed by atoms with Crippen molar-refractivity contribution in [3.63, 3.8) is 0 Å². The number of halogens is 1. The summed E-state index contributed by atoms with van der Waals surface area (Å²) in [7, 11) is -1.46. The zero-order valence-corrected chi connectivity index (χ0v) is 12.7. The monoisotopic (exact) mass is 305 g/mol. The van der Waals surface area contributed by atoms with Crippen molar-refractivity contribution in [2.75, 3.05) is 0 Å². The summed E-state index contributed by atoms with van der Waals surface area (Å²) in [5.41, 5.74) is 1.40. The van der Waals surface area contributed by atoms with Crippen LogP contribution in [-0.4, -0.2) is 13.1 Å². The van der Waals surface area contributed by atoms with Gasteiger partial charge in [-0.2, -0.15) is 0 Å². The van der Waals surface area contributed by atoms with Crippen LogP contribution in [0.5, 0.6) is 0 Å². The maximum absolute atomic E-state index is 4.52. The summed E-state index contributed by atoms with van der Waals surface area (Å²) < 4.78 is 1.14. The van der Waals surface area contributed by atoms with E-state index in [-0.39, 0.29) is 0 Å². The van der Waals surface area contributed by atoms with Gasteiger partial charge in [0.1, 0.15) is 8.07 Å². The Labute approximate surface area is 112 Å². The van der Waals surface area contributed by atoms with E-state index < -0.39 is 8.07 Å². The van der Waals surface area contributed by atoms with Gasteiger partial charge in [0.15, 0.2) is 0 Å².